The number of aliphatic hydroxyl groups excluding tert-OH is 1. The molecular formula is C15H22FNO2. The van der Waals surface area contributed by atoms with Gasteiger partial charge in [0, 0.05) is 6.04 Å². The number of hydrogen-bond acceptors (Lipinski definition) is 3. The maximum Gasteiger partial charge on any atom is 0.165 e. The highest BCUT2D eigenvalue weighted by molar-refractivity contribution is 5.31. The number of nitrogens with one attached hydrogen (secondary N) is 1. The summed E-state index contributed by atoms with van der Waals surface area (Å²) in [6.07, 6.45) is 6.02. The quantitative estimate of drug-likeness (QED) is 0.862. The molecule has 0 amide bonds. The molecule has 1 aromatic rings. The minimum Gasteiger partial charge on any atom is -0.494 e. The molecule has 0 spiro atoms. The molecule has 4 heteroatoms. The summed E-state index contributed by atoms with van der Waals surface area (Å²) in [7, 11) is 1.45. The van der Waals surface area contributed by atoms with E-state index in [0.717, 1.165) is 18.4 Å². The van der Waals surface area contributed by atoms with E-state index in [1.165, 1.54) is 32.4 Å². The fraction of sp³-hybridized carbons (Fsp3) is 0.600. The molecule has 0 radical (unpaired) electrons. The Morgan fingerprint density at radius 2 is 2.11 bits per heavy atom. The van der Waals surface area contributed by atoms with Gasteiger partial charge in [-0.05, 0) is 30.5 Å². The molecule has 1 aromatic carbocycles. The molecule has 0 aromatic heterocycles. The molecule has 0 bridgehead atoms. The highest BCUT2D eigenvalue weighted by atomic mass is 19.1. The van der Waals surface area contributed by atoms with Gasteiger partial charge in [-0.15, -0.1) is 0 Å². The predicted octanol–water partition coefficient (Wildman–Crippen LogP) is 2.79. The Hall–Kier alpha value is -1.13. The van der Waals surface area contributed by atoms with Crippen LogP contribution in [0, 0.1) is 5.82 Å². The molecular weight excluding hydrogens is 245 g/mol. The van der Waals surface area contributed by atoms with Gasteiger partial charge in [0.25, 0.3) is 0 Å². The Balaban J connectivity index is 2.05. The number of methoxy groups -OCH3 is 1. The second-order valence-electron chi connectivity index (χ2n) is 5.13. The second kappa shape index (κ2) is 6.87. The smallest absolute Gasteiger partial charge is 0.165 e. The van der Waals surface area contributed by atoms with E-state index in [4.69, 9.17) is 4.74 Å². The molecule has 19 heavy (non-hydrogen) atoms. The lowest BCUT2D eigenvalue weighted by Gasteiger charge is -2.28. The average Bonchev–Trinajstić information content (AvgIpc) is 2.46. The molecule has 1 fully saturated rings. The Bertz CT molecular complexity index is 405. The number of ether oxygens (including phenoxy) is 1. The largest absolute Gasteiger partial charge is 0.494 e. The third-order valence-corrected chi connectivity index (χ3v) is 3.80. The molecule has 1 saturated carbocycles. The van der Waals surface area contributed by atoms with Crippen LogP contribution in [0.2, 0.25) is 0 Å². The van der Waals surface area contributed by atoms with Crippen molar-refractivity contribution in [3.05, 3.63) is 29.6 Å². The van der Waals surface area contributed by atoms with Crippen LogP contribution >= 0.6 is 0 Å². The van der Waals surface area contributed by atoms with Gasteiger partial charge in [-0.25, -0.2) is 4.39 Å². The van der Waals surface area contributed by atoms with Crippen LogP contribution in [-0.2, 0) is 0 Å². The SMILES string of the molecule is COc1ccc(C(CO)NC2CCCCC2)cc1F. The third-order valence-electron chi connectivity index (χ3n) is 3.80. The van der Waals surface area contributed by atoms with Crippen LogP contribution in [0.3, 0.4) is 0 Å². The van der Waals surface area contributed by atoms with Crippen molar-refractivity contribution in [2.45, 2.75) is 44.2 Å². The Morgan fingerprint density at radius 1 is 1.37 bits per heavy atom. The Kier molecular flexibility index (Phi) is 5.16. The van der Waals surface area contributed by atoms with E-state index in [1.54, 1.807) is 12.1 Å². The molecule has 0 heterocycles. The van der Waals surface area contributed by atoms with Crippen molar-refractivity contribution in [1.29, 1.82) is 0 Å². The van der Waals surface area contributed by atoms with E-state index in [0.29, 0.717) is 6.04 Å². The zero-order valence-electron chi connectivity index (χ0n) is 11.4. The number of rotatable bonds is 5. The second-order valence-corrected chi connectivity index (χ2v) is 5.13. The molecule has 2 N–H and O–H groups in total. The summed E-state index contributed by atoms with van der Waals surface area (Å²) in [5.74, 6) is -0.151. The maximum absolute atomic E-state index is 13.7. The van der Waals surface area contributed by atoms with Crippen molar-refractivity contribution in [3.63, 3.8) is 0 Å². The number of hydrogen-bond donors (Lipinski definition) is 2. The summed E-state index contributed by atoms with van der Waals surface area (Å²) in [5.41, 5.74) is 0.770. The van der Waals surface area contributed by atoms with Crippen LogP contribution in [-0.4, -0.2) is 24.9 Å². The lowest BCUT2D eigenvalue weighted by molar-refractivity contribution is 0.220. The highest BCUT2D eigenvalue weighted by Gasteiger charge is 2.19. The van der Waals surface area contributed by atoms with Gasteiger partial charge in [0.2, 0.25) is 0 Å². The molecule has 1 atom stereocenters. The normalized spacial score (nSPS) is 18.3. The van der Waals surface area contributed by atoms with Gasteiger partial charge in [-0.3, -0.25) is 0 Å². The number of halogens is 1. The van der Waals surface area contributed by atoms with Gasteiger partial charge in [-0.1, -0.05) is 25.3 Å². The molecule has 1 aliphatic carbocycles. The van der Waals surface area contributed by atoms with Gasteiger partial charge < -0.3 is 15.2 Å². The minimum absolute atomic E-state index is 0.0255. The summed E-state index contributed by atoms with van der Waals surface area (Å²) in [6, 6.07) is 5.07. The van der Waals surface area contributed by atoms with Gasteiger partial charge in [0.1, 0.15) is 0 Å². The van der Waals surface area contributed by atoms with Crippen molar-refractivity contribution in [3.8, 4) is 5.75 Å². The van der Waals surface area contributed by atoms with Crippen LogP contribution in [0.5, 0.6) is 5.75 Å². The van der Waals surface area contributed by atoms with E-state index in [1.807, 2.05) is 0 Å². The van der Waals surface area contributed by atoms with Gasteiger partial charge in [-0.2, -0.15) is 0 Å². The highest BCUT2D eigenvalue weighted by Crippen LogP contribution is 2.24. The topological polar surface area (TPSA) is 41.5 Å². The first-order chi connectivity index (χ1) is 9.24. The lowest BCUT2D eigenvalue weighted by Crippen LogP contribution is -2.36. The molecule has 106 valence electrons. The van der Waals surface area contributed by atoms with Crippen LogP contribution < -0.4 is 10.1 Å². The molecule has 3 nitrogen and oxygen atoms in total. The molecule has 2 rings (SSSR count). The standard InChI is InChI=1S/C15H22FNO2/c1-19-15-8-7-11(9-13(15)16)14(10-18)17-12-5-3-2-4-6-12/h7-9,12,14,17-18H,2-6,10H2,1H3. The zero-order chi connectivity index (χ0) is 13.7. The van der Waals surface area contributed by atoms with E-state index in [2.05, 4.69) is 5.32 Å². The average molecular weight is 267 g/mol. The fourth-order valence-electron chi connectivity index (χ4n) is 2.71. The van der Waals surface area contributed by atoms with Crippen LogP contribution in [0.15, 0.2) is 18.2 Å². The fourth-order valence-corrected chi connectivity index (χ4v) is 2.71. The minimum atomic E-state index is -0.385. The summed E-state index contributed by atoms with van der Waals surface area (Å²) >= 11 is 0. The molecule has 1 unspecified atom stereocenters. The van der Waals surface area contributed by atoms with Crippen molar-refractivity contribution in [2.75, 3.05) is 13.7 Å². The van der Waals surface area contributed by atoms with Crippen molar-refractivity contribution < 1.29 is 14.2 Å². The first-order valence-electron chi connectivity index (χ1n) is 6.95. The lowest BCUT2D eigenvalue weighted by atomic mass is 9.94. The van der Waals surface area contributed by atoms with Crippen molar-refractivity contribution in [1.82, 2.24) is 5.32 Å². The van der Waals surface area contributed by atoms with Crippen LogP contribution in [0.25, 0.3) is 0 Å². The number of benzene rings is 1. The first-order valence-corrected chi connectivity index (χ1v) is 6.95. The van der Waals surface area contributed by atoms with Crippen LogP contribution in [0.4, 0.5) is 4.39 Å². The zero-order valence-corrected chi connectivity index (χ0v) is 11.4. The molecule has 1 aliphatic rings. The van der Waals surface area contributed by atoms with E-state index in [9.17, 15) is 9.50 Å². The van der Waals surface area contributed by atoms with Gasteiger partial charge in [0.05, 0.1) is 19.8 Å². The van der Waals surface area contributed by atoms with Crippen LogP contribution in [0.1, 0.15) is 43.7 Å². The summed E-state index contributed by atoms with van der Waals surface area (Å²) in [4.78, 5) is 0. The number of aliphatic hydroxyl groups is 1. The predicted molar refractivity (Wildman–Crippen MR) is 72.8 cm³/mol. The van der Waals surface area contributed by atoms with Gasteiger partial charge in [0.15, 0.2) is 11.6 Å². The monoisotopic (exact) mass is 267 g/mol. The van der Waals surface area contributed by atoms with Gasteiger partial charge >= 0.3 is 0 Å². The molecule has 0 aliphatic heterocycles. The first kappa shape index (κ1) is 14.3. The molecule has 0 saturated heterocycles. The summed E-state index contributed by atoms with van der Waals surface area (Å²) in [5, 5.41) is 12.9. The third kappa shape index (κ3) is 3.67. The maximum atomic E-state index is 13.7. The summed E-state index contributed by atoms with van der Waals surface area (Å²) < 4.78 is 18.6. The van der Waals surface area contributed by atoms with E-state index >= 15 is 0 Å². The Labute approximate surface area is 113 Å². The van der Waals surface area contributed by atoms with E-state index < -0.39 is 0 Å². The van der Waals surface area contributed by atoms with Crippen molar-refractivity contribution >= 4 is 0 Å². The summed E-state index contributed by atoms with van der Waals surface area (Å²) in [6.45, 7) is -0.0255. The van der Waals surface area contributed by atoms with E-state index in [-0.39, 0.29) is 24.2 Å². The van der Waals surface area contributed by atoms with Crippen molar-refractivity contribution in [2.24, 2.45) is 0 Å². The Morgan fingerprint density at radius 3 is 2.68 bits per heavy atom.